The van der Waals surface area contributed by atoms with Crippen molar-refractivity contribution < 1.29 is 4.79 Å². The summed E-state index contributed by atoms with van der Waals surface area (Å²) in [5.74, 6) is -0.0522. The maximum atomic E-state index is 12.0. The fourth-order valence-corrected chi connectivity index (χ4v) is 1.92. The lowest BCUT2D eigenvalue weighted by molar-refractivity contribution is 0.0988. The van der Waals surface area contributed by atoms with Crippen molar-refractivity contribution in [1.82, 2.24) is 19.3 Å². The standard InChI is InChI=1S/C11H13ClN4O/c1-7-8(11(12)16(3)14-7)4-10(17)9-5-15(2)6-13-9/h5-6H,4H2,1-3H3. The van der Waals surface area contributed by atoms with Gasteiger partial charge in [0.05, 0.1) is 12.0 Å². The minimum Gasteiger partial charge on any atom is -0.340 e. The van der Waals surface area contributed by atoms with Gasteiger partial charge in [0.25, 0.3) is 0 Å². The highest BCUT2D eigenvalue weighted by Crippen LogP contribution is 2.20. The number of rotatable bonds is 3. The molecule has 0 saturated heterocycles. The van der Waals surface area contributed by atoms with E-state index in [1.807, 2.05) is 14.0 Å². The molecule has 0 aliphatic carbocycles. The molecule has 90 valence electrons. The molecule has 6 heteroatoms. The van der Waals surface area contributed by atoms with Crippen LogP contribution in [-0.2, 0) is 20.5 Å². The minimum absolute atomic E-state index is 0.0522. The number of carbonyl (C=O) groups excluding carboxylic acids is 1. The number of imidazole rings is 1. The van der Waals surface area contributed by atoms with Gasteiger partial charge in [-0.3, -0.25) is 9.48 Å². The Kier molecular flexibility index (Phi) is 3.02. The molecule has 2 rings (SSSR count). The summed E-state index contributed by atoms with van der Waals surface area (Å²) in [4.78, 5) is 16.0. The molecule has 0 aromatic carbocycles. The molecule has 0 spiro atoms. The van der Waals surface area contributed by atoms with Gasteiger partial charge >= 0.3 is 0 Å². The summed E-state index contributed by atoms with van der Waals surface area (Å²) in [5.41, 5.74) is 2.00. The van der Waals surface area contributed by atoms with Crippen molar-refractivity contribution in [3.63, 3.8) is 0 Å². The van der Waals surface area contributed by atoms with Gasteiger partial charge in [-0.1, -0.05) is 11.6 Å². The van der Waals surface area contributed by atoms with Crippen molar-refractivity contribution in [2.45, 2.75) is 13.3 Å². The summed E-state index contributed by atoms with van der Waals surface area (Å²) in [6.07, 6.45) is 3.53. The molecular weight excluding hydrogens is 240 g/mol. The largest absolute Gasteiger partial charge is 0.340 e. The topological polar surface area (TPSA) is 52.7 Å². The Balaban J connectivity index is 2.24. The summed E-state index contributed by atoms with van der Waals surface area (Å²) in [6, 6.07) is 0. The maximum Gasteiger partial charge on any atom is 0.187 e. The summed E-state index contributed by atoms with van der Waals surface area (Å²) < 4.78 is 3.31. The molecule has 0 bridgehead atoms. The summed E-state index contributed by atoms with van der Waals surface area (Å²) in [5, 5.41) is 4.68. The predicted molar refractivity (Wildman–Crippen MR) is 64.2 cm³/mol. The molecule has 0 unspecified atom stereocenters. The molecule has 2 aromatic heterocycles. The van der Waals surface area contributed by atoms with Gasteiger partial charge in [-0.05, 0) is 6.92 Å². The molecule has 0 amide bonds. The number of Topliss-reactive ketones (excluding diaryl/α,β-unsaturated/α-hetero) is 1. The first-order valence-electron chi connectivity index (χ1n) is 5.18. The van der Waals surface area contributed by atoms with Gasteiger partial charge in [0, 0.05) is 32.3 Å². The second-order valence-corrected chi connectivity index (χ2v) is 4.36. The molecule has 2 aromatic rings. The summed E-state index contributed by atoms with van der Waals surface area (Å²) >= 11 is 6.07. The number of hydrogen-bond donors (Lipinski definition) is 0. The van der Waals surface area contributed by atoms with Crippen LogP contribution in [0.15, 0.2) is 12.5 Å². The Morgan fingerprint density at radius 3 is 2.65 bits per heavy atom. The zero-order valence-electron chi connectivity index (χ0n) is 9.94. The Hall–Kier alpha value is -1.62. The summed E-state index contributed by atoms with van der Waals surface area (Å²) in [7, 11) is 3.58. The Morgan fingerprint density at radius 2 is 2.18 bits per heavy atom. The SMILES string of the molecule is Cc1nn(C)c(Cl)c1CC(=O)c1cn(C)cn1. The van der Waals surface area contributed by atoms with Gasteiger partial charge in [0.15, 0.2) is 5.78 Å². The van der Waals surface area contributed by atoms with Crippen LogP contribution in [0.25, 0.3) is 0 Å². The number of aryl methyl sites for hydroxylation is 3. The van der Waals surface area contributed by atoms with Crippen LogP contribution in [0, 0.1) is 6.92 Å². The fraction of sp³-hybridized carbons (Fsp3) is 0.364. The number of aromatic nitrogens is 4. The first kappa shape index (κ1) is 11.9. The molecular formula is C11H13ClN4O. The molecule has 0 saturated carbocycles. The van der Waals surface area contributed by atoms with E-state index >= 15 is 0 Å². The van der Waals surface area contributed by atoms with E-state index in [1.165, 1.54) is 0 Å². The van der Waals surface area contributed by atoms with Crippen molar-refractivity contribution >= 4 is 17.4 Å². The van der Waals surface area contributed by atoms with Gasteiger partial charge in [-0.2, -0.15) is 5.10 Å². The van der Waals surface area contributed by atoms with Crippen LogP contribution in [0.2, 0.25) is 5.15 Å². The third-order valence-corrected chi connectivity index (χ3v) is 3.07. The number of ketones is 1. The average Bonchev–Trinajstić information content (AvgIpc) is 2.79. The number of halogens is 1. The first-order valence-corrected chi connectivity index (χ1v) is 5.56. The number of hydrogen-bond acceptors (Lipinski definition) is 3. The molecule has 0 atom stereocenters. The normalized spacial score (nSPS) is 10.8. The van der Waals surface area contributed by atoms with Gasteiger partial charge in [-0.15, -0.1) is 0 Å². The van der Waals surface area contributed by atoms with Crippen LogP contribution >= 0.6 is 11.6 Å². The van der Waals surface area contributed by atoms with E-state index < -0.39 is 0 Å². The van der Waals surface area contributed by atoms with E-state index in [2.05, 4.69) is 10.1 Å². The van der Waals surface area contributed by atoms with E-state index in [0.29, 0.717) is 10.8 Å². The summed E-state index contributed by atoms with van der Waals surface area (Å²) in [6.45, 7) is 1.84. The van der Waals surface area contributed by atoms with Crippen molar-refractivity contribution in [2.24, 2.45) is 14.1 Å². The zero-order valence-corrected chi connectivity index (χ0v) is 10.7. The molecule has 2 heterocycles. The second kappa shape index (κ2) is 4.33. The lowest BCUT2D eigenvalue weighted by Gasteiger charge is -1.98. The van der Waals surface area contributed by atoms with E-state index in [1.54, 1.807) is 28.8 Å². The van der Waals surface area contributed by atoms with Crippen LogP contribution < -0.4 is 0 Å². The second-order valence-electron chi connectivity index (χ2n) is 4.00. The van der Waals surface area contributed by atoms with Gasteiger partial charge in [0.2, 0.25) is 0 Å². The quantitative estimate of drug-likeness (QED) is 0.779. The molecule has 0 aliphatic rings. The molecule has 5 nitrogen and oxygen atoms in total. The predicted octanol–water partition coefficient (Wildman–Crippen LogP) is 1.54. The Labute approximate surface area is 104 Å². The lowest BCUT2D eigenvalue weighted by Crippen LogP contribution is -2.05. The van der Waals surface area contributed by atoms with Crippen molar-refractivity contribution in [1.29, 1.82) is 0 Å². The molecule has 0 N–H and O–H groups in total. The van der Waals surface area contributed by atoms with Crippen LogP contribution in [0.3, 0.4) is 0 Å². The smallest absolute Gasteiger partial charge is 0.187 e. The van der Waals surface area contributed by atoms with E-state index in [-0.39, 0.29) is 12.2 Å². The van der Waals surface area contributed by atoms with Crippen LogP contribution in [0.1, 0.15) is 21.7 Å². The van der Waals surface area contributed by atoms with Gasteiger partial charge < -0.3 is 4.57 Å². The Bertz CT molecular complexity index is 570. The third kappa shape index (κ3) is 2.24. The van der Waals surface area contributed by atoms with Gasteiger partial charge in [-0.25, -0.2) is 4.98 Å². The highest BCUT2D eigenvalue weighted by atomic mass is 35.5. The van der Waals surface area contributed by atoms with E-state index in [0.717, 1.165) is 11.3 Å². The highest BCUT2D eigenvalue weighted by molar-refractivity contribution is 6.30. The first-order chi connectivity index (χ1) is 7.99. The third-order valence-electron chi connectivity index (χ3n) is 2.60. The molecule has 0 aliphatic heterocycles. The maximum absolute atomic E-state index is 12.0. The highest BCUT2D eigenvalue weighted by Gasteiger charge is 2.17. The van der Waals surface area contributed by atoms with Crippen molar-refractivity contribution in [3.8, 4) is 0 Å². The van der Waals surface area contributed by atoms with Crippen LogP contribution in [0.4, 0.5) is 0 Å². The zero-order chi connectivity index (χ0) is 12.6. The number of nitrogens with zero attached hydrogens (tertiary/aromatic N) is 4. The average molecular weight is 253 g/mol. The van der Waals surface area contributed by atoms with Crippen LogP contribution in [-0.4, -0.2) is 25.1 Å². The number of carbonyl (C=O) groups is 1. The van der Waals surface area contributed by atoms with Crippen molar-refractivity contribution in [2.75, 3.05) is 0 Å². The minimum atomic E-state index is -0.0522. The monoisotopic (exact) mass is 252 g/mol. The Morgan fingerprint density at radius 1 is 1.47 bits per heavy atom. The molecule has 0 radical (unpaired) electrons. The van der Waals surface area contributed by atoms with Gasteiger partial charge in [0.1, 0.15) is 10.8 Å². The van der Waals surface area contributed by atoms with Crippen molar-refractivity contribution in [3.05, 3.63) is 34.6 Å². The lowest BCUT2D eigenvalue weighted by atomic mass is 10.1. The fourth-order valence-electron chi connectivity index (χ4n) is 1.68. The molecule has 17 heavy (non-hydrogen) atoms. The molecule has 0 fully saturated rings. The van der Waals surface area contributed by atoms with E-state index in [4.69, 9.17) is 11.6 Å². The van der Waals surface area contributed by atoms with E-state index in [9.17, 15) is 4.79 Å². The van der Waals surface area contributed by atoms with Crippen LogP contribution in [0.5, 0.6) is 0 Å².